The minimum atomic E-state index is 0. The summed E-state index contributed by atoms with van der Waals surface area (Å²) in [4.78, 5) is 12.5. The molecule has 0 aliphatic heterocycles. The third-order valence-electron chi connectivity index (χ3n) is 3.30. The van der Waals surface area contributed by atoms with Gasteiger partial charge in [0.2, 0.25) is 0 Å². The van der Waals surface area contributed by atoms with Gasteiger partial charge in [0, 0.05) is 5.56 Å². The summed E-state index contributed by atoms with van der Waals surface area (Å²) in [5.41, 5.74) is 5.71. The molecule has 0 aromatic heterocycles. The Morgan fingerprint density at radius 3 is 2.05 bits per heavy atom. The van der Waals surface area contributed by atoms with Gasteiger partial charge >= 0.3 is 18.9 Å². The maximum Gasteiger partial charge on any atom is 1.00 e. The predicted octanol–water partition coefficient (Wildman–Crippen LogP) is 1.18. The van der Waals surface area contributed by atoms with E-state index in [1.165, 1.54) is 11.1 Å². The van der Waals surface area contributed by atoms with Crippen LogP contribution in [0.5, 0.6) is 0 Å². The maximum absolute atomic E-state index is 12.5. The van der Waals surface area contributed by atoms with Gasteiger partial charge in [0.05, 0.1) is 0 Å². The average molecular weight is 278 g/mol. The summed E-state index contributed by atoms with van der Waals surface area (Å²) in [5, 5.41) is 1.15. The fourth-order valence-corrected chi connectivity index (χ4v) is 3.66. The van der Waals surface area contributed by atoms with Gasteiger partial charge in [0.15, 0.2) is 5.52 Å². The fraction of sp³-hybridized carbons (Fsp3) is 0.235. The first kappa shape index (κ1) is 17.2. The summed E-state index contributed by atoms with van der Waals surface area (Å²) in [5.74, 6) is 0. The molecule has 0 N–H and O–H groups in total. The van der Waals surface area contributed by atoms with E-state index in [1.807, 2.05) is 32.0 Å². The normalized spacial score (nSPS) is 10.6. The van der Waals surface area contributed by atoms with Crippen LogP contribution in [0.3, 0.4) is 0 Å². The third-order valence-corrected chi connectivity index (χ3v) is 4.60. The number of hydrogen-bond acceptors (Lipinski definition) is 1. The van der Waals surface area contributed by atoms with E-state index in [-0.39, 0.29) is 34.4 Å². The summed E-state index contributed by atoms with van der Waals surface area (Å²) in [6, 6.07) is 12.3. The van der Waals surface area contributed by atoms with Crippen molar-refractivity contribution in [3.63, 3.8) is 0 Å². The van der Waals surface area contributed by atoms with Gasteiger partial charge in [-0.1, -0.05) is 42.0 Å². The number of carbonyl (C=O) groups excluding carboxylic acids is 1. The Balaban J connectivity index is 0.00000200. The Morgan fingerprint density at radius 2 is 1.50 bits per heavy atom. The first-order chi connectivity index (χ1) is 8.99. The smallest absolute Gasteiger partial charge is 1.00 e. The molecule has 3 heteroatoms. The zero-order valence-corrected chi connectivity index (χ0v) is 13.9. The van der Waals surface area contributed by atoms with Crippen LogP contribution < -0.4 is 24.2 Å². The number of hydrogen-bond donors (Lipinski definition) is 0. The van der Waals surface area contributed by atoms with Crippen LogP contribution in [0.4, 0.5) is 0 Å². The second-order valence-electron chi connectivity index (χ2n) is 5.04. The summed E-state index contributed by atoms with van der Waals surface area (Å²) in [7, 11) is 0.205. The molecule has 100 valence electrons. The molecule has 0 aliphatic rings. The maximum atomic E-state index is 12.5. The molecule has 1 unspecified atom stereocenters. The predicted molar refractivity (Wildman–Crippen MR) is 85.2 cm³/mol. The SMILES string of the molecule is Cc1cc(C)c(C(=O)Pc2ccccc2C)c(C)c1.[H-].[Li+]. The zero-order chi connectivity index (χ0) is 14.0. The van der Waals surface area contributed by atoms with E-state index in [1.54, 1.807) is 0 Å². The minimum Gasteiger partial charge on any atom is -1.00 e. The van der Waals surface area contributed by atoms with Gasteiger partial charge in [0.1, 0.15) is 0 Å². The van der Waals surface area contributed by atoms with E-state index in [0.29, 0.717) is 0 Å². The van der Waals surface area contributed by atoms with Crippen LogP contribution in [0.2, 0.25) is 0 Å². The number of rotatable bonds is 3. The molecule has 0 spiro atoms. The summed E-state index contributed by atoms with van der Waals surface area (Å²) in [6.45, 7) is 8.17. The largest absolute Gasteiger partial charge is 1.00 e. The first-order valence-electron chi connectivity index (χ1n) is 6.44. The molecule has 1 atom stereocenters. The third kappa shape index (κ3) is 3.83. The van der Waals surface area contributed by atoms with Gasteiger partial charge in [-0.15, -0.1) is 0 Å². The molecule has 0 radical (unpaired) electrons. The van der Waals surface area contributed by atoms with Gasteiger partial charge in [-0.3, -0.25) is 4.79 Å². The molecule has 2 rings (SSSR count). The van der Waals surface area contributed by atoms with Crippen LogP contribution in [0.1, 0.15) is 34.0 Å². The fourth-order valence-electron chi connectivity index (χ4n) is 2.44. The molecule has 0 saturated carbocycles. The van der Waals surface area contributed by atoms with Gasteiger partial charge in [-0.05, 0) is 58.3 Å². The topological polar surface area (TPSA) is 17.1 Å². The van der Waals surface area contributed by atoms with Crippen LogP contribution >= 0.6 is 8.58 Å². The Bertz CT molecular complexity index is 617. The van der Waals surface area contributed by atoms with Crippen LogP contribution in [0.15, 0.2) is 36.4 Å². The average Bonchev–Trinajstić information content (AvgIpc) is 2.30. The van der Waals surface area contributed by atoms with E-state index in [0.717, 1.165) is 22.0 Å². The van der Waals surface area contributed by atoms with Gasteiger partial charge in [-0.25, -0.2) is 0 Å². The Hall–Kier alpha value is -0.863. The number of benzene rings is 2. The molecule has 0 fully saturated rings. The molecular weight excluding hydrogens is 258 g/mol. The summed E-state index contributed by atoms with van der Waals surface area (Å²) < 4.78 is 0. The van der Waals surface area contributed by atoms with E-state index in [9.17, 15) is 4.79 Å². The Labute approximate surface area is 136 Å². The second-order valence-corrected chi connectivity index (χ2v) is 6.29. The van der Waals surface area contributed by atoms with Crippen LogP contribution in [-0.2, 0) is 0 Å². The molecule has 20 heavy (non-hydrogen) atoms. The first-order valence-corrected chi connectivity index (χ1v) is 7.44. The van der Waals surface area contributed by atoms with Crippen molar-refractivity contribution in [2.75, 3.05) is 0 Å². The summed E-state index contributed by atoms with van der Waals surface area (Å²) in [6.07, 6.45) is 0. The standard InChI is InChI=1S/C17H19OP.Li.H/c1-11-9-13(3)16(14(4)10-11)17(18)19-15-8-6-5-7-12(15)2;;/h5-10,19H,1-4H3;;/q;+1;-1. The molecule has 0 saturated heterocycles. The van der Waals surface area contributed by atoms with Gasteiger partial charge < -0.3 is 1.43 Å². The zero-order valence-electron chi connectivity index (χ0n) is 13.9. The van der Waals surface area contributed by atoms with Gasteiger partial charge in [-0.2, -0.15) is 0 Å². The monoisotopic (exact) mass is 278 g/mol. The molecule has 2 aromatic rings. The molecule has 0 bridgehead atoms. The molecular formula is C17H20LiOP. The quantitative estimate of drug-likeness (QED) is 0.609. The van der Waals surface area contributed by atoms with Crippen molar-refractivity contribution < 1.29 is 25.1 Å². The van der Waals surface area contributed by atoms with Crippen molar-refractivity contribution in [3.8, 4) is 0 Å². The number of carbonyl (C=O) groups is 1. The Morgan fingerprint density at radius 1 is 0.950 bits per heavy atom. The van der Waals surface area contributed by atoms with Crippen LogP contribution in [-0.4, -0.2) is 5.52 Å². The minimum absolute atomic E-state index is 0. The van der Waals surface area contributed by atoms with Crippen molar-refractivity contribution in [1.29, 1.82) is 0 Å². The summed E-state index contributed by atoms with van der Waals surface area (Å²) >= 11 is 0. The van der Waals surface area contributed by atoms with Crippen LogP contribution in [0, 0.1) is 27.7 Å². The van der Waals surface area contributed by atoms with Crippen molar-refractivity contribution in [2.24, 2.45) is 0 Å². The van der Waals surface area contributed by atoms with Crippen molar-refractivity contribution in [2.45, 2.75) is 27.7 Å². The van der Waals surface area contributed by atoms with Crippen LogP contribution in [0.25, 0.3) is 0 Å². The van der Waals surface area contributed by atoms with E-state index in [2.05, 4.69) is 32.0 Å². The Kier molecular flexibility index (Phi) is 6.22. The van der Waals surface area contributed by atoms with Crippen molar-refractivity contribution in [1.82, 2.24) is 0 Å². The van der Waals surface area contributed by atoms with Crippen molar-refractivity contribution in [3.05, 3.63) is 64.2 Å². The molecule has 2 aromatic carbocycles. The van der Waals surface area contributed by atoms with Crippen molar-refractivity contribution >= 4 is 19.4 Å². The van der Waals surface area contributed by atoms with E-state index in [4.69, 9.17) is 0 Å². The number of aryl methyl sites for hydroxylation is 4. The molecule has 0 amide bonds. The molecule has 1 nitrogen and oxygen atoms in total. The van der Waals surface area contributed by atoms with E-state index < -0.39 is 0 Å². The molecule has 0 heterocycles. The molecule has 0 aliphatic carbocycles. The second kappa shape index (κ2) is 7.23. The van der Waals surface area contributed by atoms with E-state index >= 15 is 0 Å². The van der Waals surface area contributed by atoms with Gasteiger partial charge in [0.25, 0.3) is 0 Å².